The second kappa shape index (κ2) is 8.33. The molecule has 5 rings (SSSR count). The second-order valence-corrected chi connectivity index (χ2v) is 8.13. The van der Waals surface area contributed by atoms with Gasteiger partial charge in [0.2, 0.25) is 0 Å². The van der Waals surface area contributed by atoms with Gasteiger partial charge in [0.15, 0.2) is 0 Å². The predicted molar refractivity (Wildman–Crippen MR) is 122 cm³/mol. The molecule has 3 aromatic carbocycles. The number of piperazine rings is 1. The minimum absolute atomic E-state index is 0.107. The Bertz CT molecular complexity index is 1030. The van der Waals surface area contributed by atoms with E-state index >= 15 is 0 Å². The molecule has 152 valence electrons. The van der Waals surface area contributed by atoms with Crippen LogP contribution in [0.25, 0.3) is 0 Å². The first kappa shape index (κ1) is 18.9. The quantitative estimate of drug-likeness (QED) is 0.660. The molecule has 4 heteroatoms. The van der Waals surface area contributed by atoms with Gasteiger partial charge in [-0.25, -0.2) is 0 Å². The zero-order valence-corrected chi connectivity index (χ0v) is 17.2. The first-order chi connectivity index (χ1) is 14.8. The maximum atomic E-state index is 13.2. The van der Waals surface area contributed by atoms with Gasteiger partial charge in [-0.05, 0) is 47.9 Å². The van der Waals surface area contributed by atoms with Crippen LogP contribution in [-0.2, 0) is 13.0 Å². The van der Waals surface area contributed by atoms with Crippen molar-refractivity contribution in [2.45, 2.75) is 13.0 Å². The van der Waals surface area contributed by atoms with Crippen LogP contribution in [0.3, 0.4) is 0 Å². The summed E-state index contributed by atoms with van der Waals surface area (Å²) >= 11 is 0. The Balaban J connectivity index is 1.23. The van der Waals surface area contributed by atoms with Gasteiger partial charge in [0.05, 0.1) is 0 Å². The summed E-state index contributed by atoms with van der Waals surface area (Å²) < 4.78 is 0. The number of rotatable bonds is 4. The van der Waals surface area contributed by atoms with Crippen molar-refractivity contribution in [2.24, 2.45) is 0 Å². The minimum Gasteiger partial charge on any atom is -0.369 e. The summed E-state index contributed by atoms with van der Waals surface area (Å²) in [6.07, 6.45) is 0.938. The normalized spacial score (nSPS) is 16.5. The number of hydrogen-bond donors (Lipinski definition) is 0. The number of benzene rings is 3. The van der Waals surface area contributed by atoms with E-state index in [1.807, 2.05) is 29.2 Å². The molecule has 1 saturated heterocycles. The lowest BCUT2D eigenvalue weighted by Gasteiger charge is -2.36. The number of hydrogen-bond acceptors (Lipinski definition) is 3. The lowest BCUT2D eigenvalue weighted by Crippen LogP contribution is -2.45. The van der Waals surface area contributed by atoms with Crippen LogP contribution < -0.4 is 9.80 Å². The monoisotopic (exact) mass is 397 g/mol. The van der Waals surface area contributed by atoms with E-state index in [0.29, 0.717) is 0 Å². The molecule has 0 N–H and O–H groups in total. The summed E-state index contributed by atoms with van der Waals surface area (Å²) in [6.45, 7) is 5.80. The number of carbonyl (C=O) groups excluding carboxylic acids is 1. The van der Waals surface area contributed by atoms with Crippen molar-refractivity contribution in [3.63, 3.8) is 0 Å². The molecule has 0 aliphatic carbocycles. The predicted octanol–water partition coefficient (Wildman–Crippen LogP) is 4.21. The van der Waals surface area contributed by atoms with Crippen LogP contribution in [0.1, 0.15) is 21.5 Å². The summed E-state index contributed by atoms with van der Waals surface area (Å²) in [7, 11) is 0. The zero-order chi connectivity index (χ0) is 20.3. The number of para-hydroxylation sites is 2. The minimum atomic E-state index is 0.107. The van der Waals surface area contributed by atoms with Crippen LogP contribution in [-0.4, -0.2) is 43.5 Å². The van der Waals surface area contributed by atoms with Crippen molar-refractivity contribution in [1.82, 2.24) is 4.90 Å². The van der Waals surface area contributed by atoms with Crippen molar-refractivity contribution < 1.29 is 4.79 Å². The Morgan fingerprint density at radius 3 is 2.37 bits per heavy atom. The number of fused-ring (bicyclic) bond motifs is 1. The molecule has 0 aromatic heterocycles. The smallest absolute Gasteiger partial charge is 0.258 e. The van der Waals surface area contributed by atoms with Crippen molar-refractivity contribution in [3.05, 3.63) is 95.6 Å². The lowest BCUT2D eigenvalue weighted by atomic mass is 10.1. The summed E-state index contributed by atoms with van der Waals surface area (Å²) in [4.78, 5) is 20.0. The molecular weight excluding hydrogens is 370 g/mol. The van der Waals surface area contributed by atoms with Gasteiger partial charge in [0, 0.05) is 56.2 Å². The molecule has 0 atom stereocenters. The molecule has 0 radical (unpaired) electrons. The summed E-state index contributed by atoms with van der Waals surface area (Å²) in [6, 6.07) is 27.0. The molecule has 3 aromatic rings. The van der Waals surface area contributed by atoms with Gasteiger partial charge in [-0.15, -0.1) is 0 Å². The van der Waals surface area contributed by atoms with Crippen LogP contribution in [0.4, 0.5) is 11.4 Å². The Hall–Kier alpha value is -3.11. The van der Waals surface area contributed by atoms with E-state index in [4.69, 9.17) is 0 Å². The van der Waals surface area contributed by atoms with Crippen molar-refractivity contribution in [3.8, 4) is 0 Å². The van der Waals surface area contributed by atoms with E-state index in [9.17, 15) is 4.79 Å². The molecule has 1 fully saturated rings. The van der Waals surface area contributed by atoms with Crippen molar-refractivity contribution in [1.29, 1.82) is 0 Å². The summed E-state index contributed by atoms with van der Waals surface area (Å²) in [5.74, 6) is 0.107. The third-order valence-corrected chi connectivity index (χ3v) is 6.21. The second-order valence-electron chi connectivity index (χ2n) is 8.13. The average molecular weight is 398 g/mol. The molecule has 0 spiro atoms. The van der Waals surface area contributed by atoms with Gasteiger partial charge >= 0.3 is 0 Å². The van der Waals surface area contributed by atoms with Crippen LogP contribution in [0.2, 0.25) is 0 Å². The molecule has 0 saturated carbocycles. The third-order valence-electron chi connectivity index (χ3n) is 6.21. The van der Waals surface area contributed by atoms with Crippen LogP contribution >= 0.6 is 0 Å². The maximum Gasteiger partial charge on any atom is 0.258 e. The van der Waals surface area contributed by atoms with Gasteiger partial charge in [-0.3, -0.25) is 9.69 Å². The van der Waals surface area contributed by atoms with E-state index < -0.39 is 0 Å². The first-order valence-corrected chi connectivity index (χ1v) is 10.8. The van der Waals surface area contributed by atoms with Crippen molar-refractivity contribution in [2.75, 3.05) is 42.5 Å². The fourth-order valence-electron chi connectivity index (χ4n) is 4.57. The third kappa shape index (κ3) is 3.83. The highest BCUT2D eigenvalue weighted by molar-refractivity contribution is 6.07. The van der Waals surface area contributed by atoms with Crippen LogP contribution in [0.5, 0.6) is 0 Å². The van der Waals surface area contributed by atoms with Gasteiger partial charge in [-0.2, -0.15) is 0 Å². The van der Waals surface area contributed by atoms with E-state index in [1.165, 1.54) is 16.8 Å². The van der Waals surface area contributed by atoms with E-state index in [2.05, 4.69) is 64.4 Å². The zero-order valence-electron chi connectivity index (χ0n) is 17.2. The van der Waals surface area contributed by atoms with Gasteiger partial charge in [0.25, 0.3) is 5.91 Å². The van der Waals surface area contributed by atoms with Gasteiger partial charge < -0.3 is 9.80 Å². The SMILES string of the molecule is O=C(c1cccc(CN2CCN(c3ccccc3)CC2)c1)N1CCc2ccccc21. The number of nitrogens with zero attached hydrogens (tertiary/aromatic N) is 3. The highest BCUT2D eigenvalue weighted by atomic mass is 16.2. The number of amides is 1. The summed E-state index contributed by atoms with van der Waals surface area (Å²) in [5.41, 5.74) is 5.62. The highest BCUT2D eigenvalue weighted by Gasteiger charge is 2.25. The summed E-state index contributed by atoms with van der Waals surface area (Å²) in [5, 5.41) is 0. The maximum absolute atomic E-state index is 13.2. The van der Waals surface area contributed by atoms with E-state index in [0.717, 1.165) is 56.9 Å². The largest absolute Gasteiger partial charge is 0.369 e. The molecule has 2 aliphatic heterocycles. The van der Waals surface area contributed by atoms with Crippen LogP contribution in [0.15, 0.2) is 78.9 Å². The average Bonchev–Trinajstić information content (AvgIpc) is 3.24. The fourth-order valence-corrected chi connectivity index (χ4v) is 4.57. The Labute approximate surface area is 178 Å². The number of anilines is 2. The van der Waals surface area contributed by atoms with Crippen molar-refractivity contribution >= 4 is 17.3 Å². The highest BCUT2D eigenvalue weighted by Crippen LogP contribution is 2.29. The standard InChI is InChI=1S/C26H27N3O/c30-26(29-14-13-22-8-4-5-12-25(22)29)23-9-6-7-21(19-23)20-27-15-17-28(18-16-27)24-10-2-1-3-11-24/h1-12,19H,13-18,20H2. The first-order valence-electron chi connectivity index (χ1n) is 10.8. The molecule has 2 heterocycles. The van der Waals surface area contributed by atoms with E-state index in [1.54, 1.807) is 0 Å². The molecule has 0 bridgehead atoms. The van der Waals surface area contributed by atoms with Crippen LogP contribution in [0, 0.1) is 0 Å². The van der Waals surface area contributed by atoms with E-state index in [-0.39, 0.29) is 5.91 Å². The molecule has 4 nitrogen and oxygen atoms in total. The number of carbonyl (C=O) groups is 1. The molecule has 0 unspecified atom stereocenters. The Kier molecular flexibility index (Phi) is 5.24. The van der Waals surface area contributed by atoms with Gasteiger partial charge in [-0.1, -0.05) is 48.5 Å². The molecular formula is C26H27N3O. The lowest BCUT2D eigenvalue weighted by molar-refractivity contribution is 0.0989. The fraction of sp³-hybridized carbons (Fsp3) is 0.269. The molecule has 2 aliphatic rings. The Morgan fingerprint density at radius 2 is 1.53 bits per heavy atom. The Morgan fingerprint density at radius 1 is 0.767 bits per heavy atom. The molecule has 1 amide bonds. The topological polar surface area (TPSA) is 26.8 Å². The molecule has 30 heavy (non-hydrogen) atoms. The van der Waals surface area contributed by atoms with Gasteiger partial charge in [0.1, 0.15) is 0 Å².